The molecule has 0 aliphatic heterocycles. The zero-order valence-electron chi connectivity index (χ0n) is 8.29. The zero-order valence-corrected chi connectivity index (χ0v) is 9.10. The third-order valence-corrected chi connectivity index (χ3v) is 3.06. The van der Waals surface area contributed by atoms with Crippen molar-refractivity contribution >= 4 is 11.8 Å². The molecule has 0 bridgehead atoms. The van der Waals surface area contributed by atoms with Crippen LogP contribution in [0.15, 0.2) is 29.2 Å². The first-order valence-corrected chi connectivity index (χ1v) is 5.53. The molecule has 1 aromatic carbocycles. The molecular weight excluding hydrogens is 178 g/mol. The molecular formula is C11H17NS. The first-order chi connectivity index (χ1) is 6.22. The molecule has 1 aromatic rings. The number of hydrogen-bond acceptors (Lipinski definition) is 2. The predicted molar refractivity (Wildman–Crippen MR) is 60.2 cm³/mol. The second-order valence-corrected chi connectivity index (χ2v) is 4.83. The maximum Gasteiger partial charge on any atom is 0.00780 e. The van der Waals surface area contributed by atoms with Gasteiger partial charge in [0.2, 0.25) is 0 Å². The summed E-state index contributed by atoms with van der Waals surface area (Å²) in [7, 11) is 0. The van der Waals surface area contributed by atoms with E-state index in [9.17, 15) is 0 Å². The van der Waals surface area contributed by atoms with Gasteiger partial charge in [0.05, 0.1) is 0 Å². The molecule has 1 unspecified atom stereocenters. The van der Waals surface area contributed by atoms with Crippen molar-refractivity contribution in [1.29, 1.82) is 0 Å². The highest BCUT2D eigenvalue weighted by atomic mass is 32.2. The van der Waals surface area contributed by atoms with Crippen molar-refractivity contribution in [2.75, 3.05) is 6.54 Å². The van der Waals surface area contributed by atoms with E-state index in [-0.39, 0.29) is 0 Å². The average Bonchev–Trinajstić information content (AvgIpc) is 2.04. The van der Waals surface area contributed by atoms with Crippen LogP contribution in [0.5, 0.6) is 0 Å². The molecule has 0 aliphatic rings. The van der Waals surface area contributed by atoms with E-state index in [1.807, 2.05) is 11.8 Å². The van der Waals surface area contributed by atoms with Crippen molar-refractivity contribution < 1.29 is 0 Å². The Bertz CT molecular complexity index is 260. The Morgan fingerprint density at radius 3 is 2.85 bits per heavy atom. The Hall–Kier alpha value is -0.470. The second kappa shape index (κ2) is 5.30. The highest BCUT2D eigenvalue weighted by molar-refractivity contribution is 7.99. The monoisotopic (exact) mass is 195 g/mol. The van der Waals surface area contributed by atoms with Crippen LogP contribution in [0.1, 0.15) is 18.9 Å². The highest BCUT2D eigenvalue weighted by Gasteiger charge is 2.02. The summed E-state index contributed by atoms with van der Waals surface area (Å²) >= 11 is 1.90. The van der Waals surface area contributed by atoms with Crippen LogP contribution in [0.2, 0.25) is 0 Å². The molecule has 0 heterocycles. The van der Waals surface area contributed by atoms with Crippen molar-refractivity contribution in [2.24, 2.45) is 5.73 Å². The third-order valence-electron chi connectivity index (χ3n) is 1.90. The summed E-state index contributed by atoms with van der Waals surface area (Å²) < 4.78 is 0. The lowest BCUT2D eigenvalue weighted by Gasteiger charge is -2.09. The number of aryl methyl sites for hydroxylation is 1. The van der Waals surface area contributed by atoms with Gasteiger partial charge in [0, 0.05) is 10.1 Å². The van der Waals surface area contributed by atoms with E-state index in [0.717, 1.165) is 13.0 Å². The molecule has 0 saturated heterocycles. The molecule has 0 amide bonds. The SMILES string of the molecule is Cc1cccc(SC(C)CCN)c1. The van der Waals surface area contributed by atoms with E-state index < -0.39 is 0 Å². The largest absolute Gasteiger partial charge is 0.330 e. The van der Waals surface area contributed by atoms with E-state index in [0.29, 0.717) is 5.25 Å². The minimum Gasteiger partial charge on any atom is -0.330 e. The summed E-state index contributed by atoms with van der Waals surface area (Å²) in [5.41, 5.74) is 6.82. The molecule has 13 heavy (non-hydrogen) atoms. The fraction of sp³-hybridized carbons (Fsp3) is 0.455. The average molecular weight is 195 g/mol. The summed E-state index contributed by atoms with van der Waals surface area (Å²) in [4.78, 5) is 1.35. The van der Waals surface area contributed by atoms with E-state index >= 15 is 0 Å². The Labute approximate surface area is 84.7 Å². The molecule has 1 rings (SSSR count). The normalized spacial score (nSPS) is 12.8. The number of rotatable bonds is 4. The number of nitrogens with two attached hydrogens (primary N) is 1. The van der Waals surface area contributed by atoms with Crippen LogP contribution in [0.4, 0.5) is 0 Å². The van der Waals surface area contributed by atoms with Gasteiger partial charge in [-0.05, 0) is 32.0 Å². The van der Waals surface area contributed by atoms with E-state index in [1.54, 1.807) is 0 Å². The minimum absolute atomic E-state index is 0.617. The van der Waals surface area contributed by atoms with Crippen LogP contribution < -0.4 is 5.73 Å². The lowest BCUT2D eigenvalue weighted by atomic mass is 10.2. The molecule has 1 nitrogen and oxygen atoms in total. The van der Waals surface area contributed by atoms with E-state index in [1.165, 1.54) is 10.5 Å². The number of hydrogen-bond donors (Lipinski definition) is 1. The van der Waals surface area contributed by atoms with Gasteiger partial charge >= 0.3 is 0 Å². The summed E-state index contributed by atoms with van der Waals surface area (Å²) in [5, 5.41) is 0.617. The molecule has 0 radical (unpaired) electrons. The van der Waals surface area contributed by atoms with Gasteiger partial charge in [0.15, 0.2) is 0 Å². The van der Waals surface area contributed by atoms with Crippen LogP contribution in [-0.4, -0.2) is 11.8 Å². The van der Waals surface area contributed by atoms with Crippen LogP contribution in [-0.2, 0) is 0 Å². The third kappa shape index (κ3) is 3.83. The van der Waals surface area contributed by atoms with E-state index in [2.05, 4.69) is 38.1 Å². The van der Waals surface area contributed by atoms with Crippen molar-refractivity contribution in [2.45, 2.75) is 30.4 Å². The van der Waals surface area contributed by atoms with Crippen molar-refractivity contribution in [1.82, 2.24) is 0 Å². The first kappa shape index (κ1) is 10.6. The van der Waals surface area contributed by atoms with Gasteiger partial charge in [0.1, 0.15) is 0 Å². The molecule has 2 heteroatoms. The summed E-state index contributed by atoms with van der Waals surface area (Å²) in [6.07, 6.45) is 1.08. The molecule has 2 N–H and O–H groups in total. The van der Waals surface area contributed by atoms with Gasteiger partial charge in [0.25, 0.3) is 0 Å². The smallest absolute Gasteiger partial charge is 0.00780 e. The van der Waals surface area contributed by atoms with Crippen molar-refractivity contribution in [3.8, 4) is 0 Å². The molecule has 0 spiro atoms. The summed E-state index contributed by atoms with van der Waals surface area (Å²) in [6.45, 7) is 5.12. The Balaban J connectivity index is 2.53. The van der Waals surface area contributed by atoms with Gasteiger partial charge in [-0.25, -0.2) is 0 Å². The fourth-order valence-corrected chi connectivity index (χ4v) is 2.34. The van der Waals surface area contributed by atoms with Gasteiger partial charge in [-0.2, -0.15) is 0 Å². The highest BCUT2D eigenvalue weighted by Crippen LogP contribution is 2.25. The van der Waals surface area contributed by atoms with Crippen LogP contribution >= 0.6 is 11.8 Å². The van der Waals surface area contributed by atoms with Crippen LogP contribution in [0.3, 0.4) is 0 Å². The van der Waals surface area contributed by atoms with Gasteiger partial charge in [-0.3, -0.25) is 0 Å². The lowest BCUT2D eigenvalue weighted by molar-refractivity contribution is 0.823. The Morgan fingerprint density at radius 1 is 1.46 bits per heavy atom. The van der Waals surface area contributed by atoms with Gasteiger partial charge in [-0.1, -0.05) is 24.6 Å². The Morgan fingerprint density at radius 2 is 2.23 bits per heavy atom. The maximum absolute atomic E-state index is 5.50. The molecule has 1 atom stereocenters. The topological polar surface area (TPSA) is 26.0 Å². The summed E-state index contributed by atoms with van der Waals surface area (Å²) in [5.74, 6) is 0. The minimum atomic E-state index is 0.617. The quantitative estimate of drug-likeness (QED) is 0.748. The summed E-state index contributed by atoms with van der Waals surface area (Å²) in [6, 6.07) is 8.60. The predicted octanol–water partition coefficient (Wildman–Crippen LogP) is 2.82. The van der Waals surface area contributed by atoms with Crippen LogP contribution in [0, 0.1) is 6.92 Å². The zero-order chi connectivity index (χ0) is 9.68. The molecule has 0 aromatic heterocycles. The van der Waals surface area contributed by atoms with Gasteiger partial charge < -0.3 is 5.73 Å². The van der Waals surface area contributed by atoms with Crippen LogP contribution in [0.25, 0.3) is 0 Å². The lowest BCUT2D eigenvalue weighted by Crippen LogP contribution is -2.06. The first-order valence-electron chi connectivity index (χ1n) is 4.66. The Kier molecular flexibility index (Phi) is 4.33. The van der Waals surface area contributed by atoms with Gasteiger partial charge in [-0.15, -0.1) is 11.8 Å². The van der Waals surface area contributed by atoms with Crippen molar-refractivity contribution in [3.63, 3.8) is 0 Å². The number of thioether (sulfide) groups is 1. The van der Waals surface area contributed by atoms with Crippen molar-refractivity contribution in [3.05, 3.63) is 29.8 Å². The molecule has 0 saturated carbocycles. The molecule has 72 valence electrons. The standard InChI is InChI=1S/C11H17NS/c1-9-4-3-5-11(8-9)13-10(2)6-7-12/h3-5,8,10H,6-7,12H2,1-2H3. The second-order valence-electron chi connectivity index (χ2n) is 3.32. The molecule has 0 aliphatic carbocycles. The number of benzene rings is 1. The van der Waals surface area contributed by atoms with E-state index in [4.69, 9.17) is 5.73 Å². The molecule has 0 fully saturated rings. The fourth-order valence-electron chi connectivity index (χ4n) is 1.21. The maximum atomic E-state index is 5.50.